The highest BCUT2D eigenvalue weighted by Gasteiger charge is 2.59. The Bertz CT molecular complexity index is 854. The third kappa shape index (κ3) is 3.54. The molecule has 150 valence electrons. The first-order valence-corrected chi connectivity index (χ1v) is 9.83. The zero-order chi connectivity index (χ0) is 20.9. The minimum absolute atomic E-state index is 0.00820. The Labute approximate surface area is 166 Å². The lowest BCUT2D eigenvalue weighted by atomic mass is 9.57. The fraction of sp³-hybridized carbons (Fsp3) is 0.565. The van der Waals surface area contributed by atoms with Crippen molar-refractivity contribution in [1.82, 2.24) is 0 Å². The lowest BCUT2D eigenvalue weighted by Gasteiger charge is -2.45. The number of nitrogens with zero attached hydrogens (tertiary/aromatic N) is 1. The molecular weight excluding hydrogens is 354 g/mol. The molecule has 1 aromatic rings. The first-order chi connectivity index (χ1) is 12.9. The average Bonchev–Trinajstić information content (AvgIpc) is 2.51. The lowest BCUT2D eigenvalue weighted by Crippen LogP contribution is -2.59. The van der Waals surface area contributed by atoms with E-state index in [0.29, 0.717) is 0 Å². The largest absolute Gasteiger partial charge is 0.875 e. The molecule has 0 N–H and O–H groups in total. The molecule has 5 heteroatoms. The van der Waals surface area contributed by atoms with Gasteiger partial charge < -0.3 is 5.11 Å². The predicted octanol–water partition coefficient (Wildman–Crippen LogP) is 2.23. The SMILES string of the molecule is Cc1cc[n+](CC2(C3=C([O-])CC(C)(C)CC3=O)C(=O)CC(C)(C)CC2=O)cc1. The smallest absolute Gasteiger partial charge is 0.173 e. The van der Waals surface area contributed by atoms with E-state index in [0.717, 1.165) is 5.56 Å². The molecule has 0 aromatic carbocycles. The van der Waals surface area contributed by atoms with Gasteiger partial charge in [-0.2, -0.15) is 0 Å². The van der Waals surface area contributed by atoms with E-state index in [9.17, 15) is 19.5 Å². The van der Waals surface area contributed by atoms with Crippen molar-refractivity contribution in [1.29, 1.82) is 0 Å². The second-order valence-electron chi connectivity index (χ2n) is 10.1. The van der Waals surface area contributed by atoms with Gasteiger partial charge >= 0.3 is 0 Å². The van der Waals surface area contributed by atoms with Crippen molar-refractivity contribution in [2.45, 2.75) is 66.8 Å². The predicted molar refractivity (Wildman–Crippen MR) is 102 cm³/mol. The number of allylic oxidation sites excluding steroid dienone is 2. The molecule has 5 nitrogen and oxygen atoms in total. The third-order valence-corrected chi connectivity index (χ3v) is 5.97. The number of rotatable bonds is 3. The van der Waals surface area contributed by atoms with Crippen LogP contribution in [0.1, 0.15) is 58.9 Å². The highest BCUT2D eigenvalue weighted by molar-refractivity contribution is 6.19. The van der Waals surface area contributed by atoms with Gasteiger partial charge in [0.25, 0.3) is 0 Å². The monoisotopic (exact) mass is 383 g/mol. The number of Topliss-reactive ketones (excluding diaryl/α,β-unsaturated/α-hetero) is 3. The van der Waals surface area contributed by atoms with E-state index in [1.54, 1.807) is 17.0 Å². The maximum atomic E-state index is 13.4. The van der Waals surface area contributed by atoms with E-state index in [-0.39, 0.29) is 60.9 Å². The molecule has 2 aliphatic carbocycles. The number of hydrogen-bond acceptors (Lipinski definition) is 4. The summed E-state index contributed by atoms with van der Waals surface area (Å²) in [6.45, 7) is 9.45. The number of hydrogen-bond donors (Lipinski definition) is 0. The van der Waals surface area contributed by atoms with Crippen molar-refractivity contribution in [2.75, 3.05) is 0 Å². The van der Waals surface area contributed by atoms with E-state index in [1.807, 2.05) is 46.8 Å². The maximum absolute atomic E-state index is 13.4. The normalized spacial score (nSPS) is 23.8. The quantitative estimate of drug-likeness (QED) is 0.592. The van der Waals surface area contributed by atoms with Crippen LogP contribution in [-0.4, -0.2) is 17.3 Å². The Morgan fingerprint density at radius 1 is 0.893 bits per heavy atom. The molecule has 0 atom stereocenters. The summed E-state index contributed by atoms with van der Waals surface area (Å²) in [6.07, 6.45) is 4.30. The van der Waals surface area contributed by atoms with Gasteiger partial charge in [0.15, 0.2) is 41.7 Å². The molecule has 0 saturated heterocycles. The summed E-state index contributed by atoms with van der Waals surface area (Å²) in [5.74, 6) is -1.32. The van der Waals surface area contributed by atoms with Crippen LogP contribution in [0.5, 0.6) is 0 Å². The molecule has 0 radical (unpaired) electrons. The van der Waals surface area contributed by atoms with Gasteiger partial charge in [0.05, 0.1) is 0 Å². The zero-order valence-electron chi connectivity index (χ0n) is 17.4. The van der Waals surface area contributed by atoms with Crippen LogP contribution in [0.3, 0.4) is 0 Å². The number of carbonyl (C=O) groups excluding carboxylic acids is 3. The minimum Gasteiger partial charge on any atom is -0.875 e. The van der Waals surface area contributed by atoms with Crippen molar-refractivity contribution < 1.29 is 24.1 Å². The molecule has 1 fully saturated rings. The van der Waals surface area contributed by atoms with E-state index in [4.69, 9.17) is 0 Å². The maximum Gasteiger partial charge on any atom is 0.173 e. The fourth-order valence-electron chi connectivity index (χ4n) is 4.57. The van der Waals surface area contributed by atoms with Crippen LogP contribution in [0, 0.1) is 23.2 Å². The summed E-state index contributed by atoms with van der Waals surface area (Å²) >= 11 is 0. The number of aromatic nitrogens is 1. The minimum atomic E-state index is -1.67. The summed E-state index contributed by atoms with van der Waals surface area (Å²) in [7, 11) is 0. The summed E-state index contributed by atoms with van der Waals surface area (Å²) in [5, 5.41) is 13.1. The highest BCUT2D eigenvalue weighted by Crippen LogP contribution is 2.49. The Kier molecular flexibility index (Phi) is 4.85. The van der Waals surface area contributed by atoms with E-state index in [1.165, 1.54) is 0 Å². The Morgan fingerprint density at radius 2 is 1.39 bits per heavy atom. The molecule has 1 saturated carbocycles. The topological polar surface area (TPSA) is 78.2 Å². The second-order valence-corrected chi connectivity index (χ2v) is 10.1. The van der Waals surface area contributed by atoms with Gasteiger partial charge in [0, 0.05) is 37.0 Å². The number of aryl methyl sites for hydroxylation is 1. The van der Waals surface area contributed by atoms with E-state index < -0.39 is 16.2 Å². The molecule has 0 unspecified atom stereocenters. The lowest BCUT2D eigenvalue weighted by molar-refractivity contribution is -0.703. The molecule has 0 bridgehead atoms. The van der Waals surface area contributed by atoms with Crippen LogP contribution >= 0.6 is 0 Å². The van der Waals surface area contributed by atoms with Gasteiger partial charge in [-0.3, -0.25) is 14.4 Å². The Hall–Kier alpha value is -2.30. The van der Waals surface area contributed by atoms with Crippen LogP contribution in [0.15, 0.2) is 35.9 Å². The number of carbonyl (C=O) groups is 3. The van der Waals surface area contributed by atoms with Crippen molar-refractivity contribution in [3.05, 3.63) is 41.4 Å². The molecule has 0 aliphatic heterocycles. The van der Waals surface area contributed by atoms with Gasteiger partial charge in [0.2, 0.25) is 0 Å². The van der Waals surface area contributed by atoms with Crippen LogP contribution in [0.2, 0.25) is 0 Å². The van der Waals surface area contributed by atoms with Gasteiger partial charge in [-0.15, -0.1) is 5.76 Å². The summed E-state index contributed by atoms with van der Waals surface area (Å²) in [5.41, 5.74) is -1.61. The second kappa shape index (κ2) is 6.64. The number of ketones is 3. The first kappa shape index (κ1) is 20.4. The van der Waals surface area contributed by atoms with Crippen LogP contribution < -0.4 is 9.67 Å². The molecule has 0 amide bonds. The third-order valence-electron chi connectivity index (χ3n) is 5.97. The summed E-state index contributed by atoms with van der Waals surface area (Å²) in [4.78, 5) is 39.9. The highest BCUT2D eigenvalue weighted by atomic mass is 16.3. The van der Waals surface area contributed by atoms with Crippen LogP contribution in [0.4, 0.5) is 0 Å². The zero-order valence-corrected chi connectivity index (χ0v) is 17.4. The Morgan fingerprint density at radius 3 is 1.89 bits per heavy atom. The van der Waals surface area contributed by atoms with Gasteiger partial charge in [0.1, 0.15) is 0 Å². The fourth-order valence-corrected chi connectivity index (χ4v) is 4.57. The van der Waals surface area contributed by atoms with Crippen molar-refractivity contribution in [3.63, 3.8) is 0 Å². The van der Waals surface area contributed by atoms with Crippen molar-refractivity contribution in [3.8, 4) is 0 Å². The van der Waals surface area contributed by atoms with E-state index >= 15 is 0 Å². The van der Waals surface area contributed by atoms with Gasteiger partial charge in [-0.1, -0.05) is 27.7 Å². The molecule has 28 heavy (non-hydrogen) atoms. The summed E-state index contributed by atoms with van der Waals surface area (Å²) < 4.78 is 1.74. The van der Waals surface area contributed by atoms with Gasteiger partial charge in [-0.05, 0) is 29.7 Å². The van der Waals surface area contributed by atoms with E-state index in [2.05, 4.69) is 0 Å². The van der Waals surface area contributed by atoms with Crippen LogP contribution in [0.25, 0.3) is 0 Å². The first-order valence-electron chi connectivity index (χ1n) is 9.83. The molecule has 1 aromatic heterocycles. The standard InChI is InChI=1S/C23H29NO4/c1-15-6-8-24(9-7-15)14-23(18(27)12-22(4,5)13-19(23)28)20-16(25)10-21(2,3)11-17(20)26/h6-9H,10-14H2,1-5H3. The van der Waals surface area contributed by atoms with Crippen molar-refractivity contribution >= 4 is 17.3 Å². The molecule has 1 heterocycles. The average molecular weight is 383 g/mol. The van der Waals surface area contributed by atoms with Crippen molar-refractivity contribution in [2.24, 2.45) is 16.2 Å². The molecule has 0 spiro atoms. The molecule has 3 rings (SSSR count). The summed E-state index contributed by atoms with van der Waals surface area (Å²) in [6, 6.07) is 3.77. The van der Waals surface area contributed by atoms with Gasteiger partial charge in [-0.25, -0.2) is 4.57 Å². The molecule has 2 aliphatic rings. The Balaban J connectivity index is 2.18. The number of pyridine rings is 1. The van der Waals surface area contributed by atoms with Crippen LogP contribution in [-0.2, 0) is 20.9 Å². The molecular formula is C23H29NO4.